The second-order valence-electron chi connectivity index (χ2n) is 8.99. The fraction of sp³-hybridized carbons (Fsp3) is 0.308. The monoisotopic (exact) mass is 464 g/mol. The van der Waals surface area contributed by atoms with Crippen molar-refractivity contribution in [2.24, 2.45) is 11.1 Å². The Bertz CT molecular complexity index is 1220. The van der Waals surface area contributed by atoms with E-state index in [0.29, 0.717) is 46.3 Å². The summed E-state index contributed by atoms with van der Waals surface area (Å²) in [6, 6.07) is 15.0. The predicted octanol–water partition coefficient (Wildman–Crippen LogP) is 5.38. The number of hydrogen-bond acceptors (Lipinski definition) is 6. The molecule has 0 spiro atoms. The van der Waals surface area contributed by atoms with Gasteiger partial charge in [0, 0.05) is 29.0 Å². The van der Waals surface area contributed by atoms with E-state index in [1.165, 1.54) is 0 Å². The van der Waals surface area contributed by atoms with Crippen LogP contribution >= 0.6 is 11.6 Å². The Balaban J connectivity index is 1.71. The minimum absolute atomic E-state index is 0.0322. The normalized spacial score (nSPS) is 19.5. The number of ether oxygens (including phenoxy) is 3. The van der Waals surface area contributed by atoms with Gasteiger partial charge in [0.2, 0.25) is 5.88 Å². The molecule has 1 heterocycles. The summed E-state index contributed by atoms with van der Waals surface area (Å²) in [6.45, 7) is 4.30. The van der Waals surface area contributed by atoms with Gasteiger partial charge in [-0.2, -0.15) is 5.26 Å². The number of nitriles is 1. The highest BCUT2D eigenvalue weighted by Crippen LogP contribution is 2.48. The van der Waals surface area contributed by atoms with Crippen LogP contribution in [0.1, 0.15) is 43.7 Å². The number of allylic oxidation sites excluding steroid dienone is 3. The lowest BCUT2D eigenvalue weighted by atomic mass is 9.70. The Morgan fingerprint density at radius 2 is 1.97 bits per heavy atom. The summed E-state index contributed by atoms with van der Waals surface area (Å²) in [5.41, 5.74) is 8.14. The molecular weight excluding hydrogens is 440 g/mol. The molecule has 170 valence electrons. The fourth-order valence-corrected chi connectivity index (χ4v) is 4.56. The third kappa shape index (κ3) is 4.42. The van der Waals surface area contributed by atoms with Gasteiger partial charge in [-0.1, -0.05) is 49.7 Å². The zero-order valence-corrected chi connectivity index (χ0v) is 19.5. The van der Waals surface area contributed by atoms with Crippen LogP contribution < -0.4 is 15.2 Å². The molecule has 0 amide bonds. The second-order valence-corrected chi connectivity index (χ2v) is 9.40. The summed E-state index contributed by atoms with van der Waals surface area (Å²) in [7, 11) is 1.54. The second kappa shape index (κ2) is 8.84. The van der Waals surface area contributed by atoms with Crippen LogP contribution in [0.2, 0.25) is 5.02 Å². The number of carbonyl (C=O) groups is 1. The molecule has 0 bridgehead atoms. The molecule has 2 N–H and O–H groups in total. The number of nitrogens with zero attached hydrogens (tertiary/aromatic N) is 1. The Labute approximate surface area is 198 Å². The van der Waals surface area contributed by atoms with Gasteiger partial charge in [0.15, 0.2) is 17.3 Å². The maximum absolute atomic E-state index is 13.1. The molecule has 0 saturated heterocycles. The molecule has 0 fully saturated rings. The first-order chi connectivity index (χ1) is 15.7. The summed E-state index contributed by atoms with van der Waals surface area (Å²) < 4.78 is 17.3. The van der Waals surface area contributed by atoms with Gasteiger partial charge >= 0.3 is 0 Å². The number of nitrogens with two attached hydrogens (primary N) is 1. The van der Waals surface area contributed by atoms with Gasteiger partial charge < -0.3 is 19.9 Å². The third-order valence-electron chi connectivity index (χ3n) is 5.94. The van der Waals surface area contributed by atoms with Crippen molar-refractivity contribution in [1.29, 1.82) is 5.26 Å². The highest BCUT2D eigenvalue weighted by Gasteiger charge is 2.43. The number of halogens is 1. The summed E-state index contributed by atoms with van der Waals surface area (Å²) in [5, 5.41) is 10.4. The van der Waals surface area contributed by atoms with Crippen molar-refractivity contribution in [3.63, 3.8) is 0 Å². The molecule has 7 heteroatoms. The standard InChI is InChI=1S/C26H25ClN2O4/c1-26(2)11-19(30)24-22(12-26)33-25(29)17(13-28)23(24)15-8-9-20(21(10-15)31-3)32-14-16-6-4-5-7-18(16)27/h4-10,23H,11-12,14,29H2,1-3H3/t23-/m0/s1. The Kier molecular flexibility index (Phi) is 6.09. The maximum Gasteiger partial charge on any atom is 0.205 e. The van der Waals surface area contributed by atoms with Gasteiger partial charge in [0.05, 0.1) is 13.0 Å². The number of Topliss-reactive ketones (excluding diaryl/α,β-unsaturated/α-hetero) is 1. The van der Waals surface area contributed by atoms with E-state index < -0.39 is 5.92 Å². The SMILES string of the molecule is COc1cc([C@H]2C(C#N)=C(N)OC3=C2C(=O)CC(C)(C)C3)ccc1OCc1ccccc1Cl. The molecule has 2 aromatic rings. The highest BCUT2D eigenvalue weighted by molar-refractivity contribution is 6.31. The van der Waals surface area contributed by atoms with Crippen LogP contribution in [-0.2, 0) is 16.1 Å². The Morgan fingerprint density at radius 3 is 2.67 bits per heavy atom. The number of carbonyl (C=O) groups excluding carboxylic acids is 1. The van der Waals surface area contributed by atoms with Gasteiger partial charge in [-0.05, 0) is 29.2 Å². The van der Waals surface area contributed by atoms with Crippen LogP contribution in [0.3, 0.4) is 0 Å². The van der Waals surface area contributed by atoms with Gasteiger partial charge in [0.25, 0.3) is 0 Å². The van der Waals surface area contributed by atoms with Crippen molar-refractivity contribution in [2.75, 3.05) is 7.11 Å². The maximum atomic E-state index is 13.1. The average molecular weight is 465 g/mol. The van der Waals surface area contributed by atoms with Gasteiger partial charge in [0.1, 0.15) is 24.0 Å². The van der Waals surface area contributed by atoms with Crippen LogP contribution in [-0.4, -0.2) is 12.9 Å². The van der Waals surface area contributed by atoms with E-state index in [4.69, 9.17) is 31.5 Å². The zero-order valence-electron chi connectivity index (χ0n) is 18.8. The lowest BCUT2D eigenvalue weighted by Gasteiger charge is -2.37. The van der Waals surface area contributed by atoms with Crippen LogP contribution in [0.15, 0.2) is 65.3 Å². The van der Waals surface area contributed by atoms with Crippen molar-refractivity contribution < 1.29 is 19.0 Å². The van der Waals surface area contributed by atoms with Crippen molar-refractivity contribution in [1.82, 2.24) is 0 Å². The van der Waals surface area contributed by atoms with Gasteiger partial charge in [-0.25, -0.2) is 0 Å². The van der Waals surface area contributed by atoms with Gasteiger partial charge in [-0.15, -0.1) is 0 Å². The first-order valence-electron chi connectivity index (χ1n) is 10.6. The molecule has 1 aliphatic heterocycles. The number of rotatable bonds is 5. The van der Waals surface area contributed by atoms with Crippen LogP contribution in [0.5, 0.6) is 11.5 Å². The molecule has 1 aliphatic carbocycles. The topological polar surface area (TPSA) is 94.6 Å². The number of ketones is 1. The van der Waals surface area contributed by atoms with E-state index in [1.807, 2.05) is 38.1 Å². The van der Waals surface area contributed by atoms with E-state index in [9.17, 15) is 10.1 Å². The van der Waals surface area contributed by atoms with Crippen LogP contribution in [0.4, 0.5) is 0 Å². The minimum Gasteiger partial charge on any atom is -0.493 e. The number of methoxy groups -OCH3 is 1. The van der Waals surface area contributed by atoms with Crippen LogP contribution in [0, 0.1) is 16.7 Å². The first-order valence-corrected chi connectivity index (χ1v) is 11.0. The molecule has 2 aliphatic rings. The summed E-state index contributed by atoms with van der Waals surface area (Å²) >= 11 is 6.23. The van der Waals surface area contributed by atoms with Crippen molar-refractivity contribution in [2.45, 2.75) is 39.2 Å². The smallest absolute Gasteiger partial charge is 0.205 e. The Hall–Kier alpha value is -3.43. The quantitative estimate of drug-likeness (QED) is 0.638. The molecular formula is C26H25ClN2O4. The molecule has 0 aromatic heterocycles. The summed E-state index contributed by atoms with van der Waals surface area (Å²) in [5.74, 6) is 0.917. The van der Waals surface area contributed by atoms with Crippen LogP contribution in [0.25, 0.3) is 0 Å². The van der Waals surface area contributed by atoms with E-state index >= 15 is 0 Å². The fourth-order valence-electron chi connectivity index (χ4n) is 4.37. The van der Waals surface area contributed by atoms with Gasteiger partial charge in [-0.3, -0.25) is 4.79 Å². The average Bonchev–Trinajstić information content (AvgIpc) is 2.76. The predicted molar refractivity (Wildman–Crippen MR) is 124 cm³/mol. The lowest BCUT2D eigenvalue weighted by Crippen LogP contribution is -2.33. The summed E-state index contributed by atoms with van der Waals surface area (Å²) in [6.07, 6.45) is 0.945. The van der Waals surface area contributed by atoms with Crippen molar-refractivity contribution in [3.8, 4) is 17.6 Å². The number of benzene rings is 2. The molecule has 2 aromatic carbocycles. The molecule has 6 nitrogen and oxygen atoms in total. The van der Waals surface area contributed by atoms with E-state index in [-0.39, 0.29) is 29.3 Å². The van der Waals surface area contributed by atoms with E-state index in [0.717, 1.165) is 5.56 Å². The number of hydrogen-bond donors (Lipinski definition) is 1. The zero-order chi connectivity index (χ0) is 23.8. The first kappa shape index (κ1) is 22.8. The molecule has 1 atom stereocenters. The largest absolute Gasteiger partial charge is 0.493 e. The molecule has 4 rings (SSSR count). The minimum atomic E-state index is -0.617. The third-order valence-corrected chi connectivity index (χ3v) is 6.31. The summed E-state index contributed by atoms with van der Waals surface area (Å²) in [4.78, 5) is 13.1. The highest BCUT2D eigenvalue weighted by atomic mass is 35.5. The van der Waals surface area contributed by atoms with Crippen molar-refractivity contribution in [3.05, 3.63) is 81.4 Å². The molecule has 33 heavy (non-hydrogen) atoms. The van der Waals surface area contributed by atoms with E-state index in [2.05, 4.69) is 6.07 Å². The van der Waals surface area contributed by atoms with E-state index in [1.54, 1.807) is 25.3 Å². The molecule has 0 radical (unpaired) electrons. The Morgan fingerprint density at radius 1 is 1.21 bits per heavy atom. The molecule has 0 saturated carbocycles. The lowest BCUT2D eigenvalue weighted by molar-refractivity contribution is -0.119. The van der Waals surface area contributed by atoms with Crippen molar-refractivity contribution >= 4 is 17.4 Å². The molecule has 0 unspecified atom stereocenters.